The molecule has 0 radical (unpaired) electrons. The molecule has 1 heterocycles. The van der Waals surface area contributed by atoms with Crippen LogP contribution in [0.15, 0.2) is 24.3 Å². The number of aromatic nitrogens is 2. The van der Waals surface area contributed by atoms with Crippen LogP contribution < -0.4 is 0 Å². The van der Waals surface area contributed by atoms with Crippen LogP contribution in [0, 0.1) is 0 Å². The van der Waals surface area contributed by atoms with Crippen molar-refractivity contribution in [3.05, 3.63) is 30.1 Å². The van der Waals surface area contributed by atoms with Gasteiger partial charge >= 0.3 is 0 Å². The summed E-state index contributed by atoms with van der Waals surface area (Å²) in [6.07, 6.45) is 1.26. The minimum absolute atomic E-state index is 0.258. The van der Waals surface area contributed by atoms with Gasteiger partial charge in [0.25, 0.3) is 0 Å². The van der Waals surface area contributed by atoms with Crippen molar-refractivity contribution >= 4 is 32.5 Å². The zero-order valence-electron chi connectivity index (χ0n) is 11.2. The lowest BCUT2D eigenvalue weighted by molar-refractivity contribution is 0.503. The SMILES string of the molecule is CC(C)(Cn1c(CCl)nc2ccccc21)S(C)(=O)=O. The number of sulfone groups is 1. The molecular weight excluding hydrogens is 284 g/mol. The van der Waals surface area contributed by atoms with E-state index >= 15 is 0 Å². The second-order valence-corrected chi connectivity index (χ2v) is 8.19. The zero-order chi connectivity index (χ0) is 14.3. The Labute approximate surface area is 118 Å². The summed E-state index contributed by atoms with van der Waals surface area (Å²) in [7, 11) is -3.16. The van der Waals surface area contributed by atoms with Gasteiger partial charge in [-0.25, -0.2) is 13.4 Å². The highest BCUT2D eigenvalue weighted by Crippen LogP contribution is 2.24. The van der Waals surface area contributed by atoms with Crippen molar-refractivity contribution in [1.82, 2.24) is 9.55 Å². The minimum Gasteiger partial charge on any atom is -0.325 e. The van der Waals surface area contributed by atoms with Crippen molar-refractivity contribution in [1.29, 1.82) is 0 Å². The van der Waals surface area contributed by atoms with Crippen LogP contribution in [-0.4, -0.2) is 29.0 Å². The maximum absolute atomic E-state index is 11.8. The van der Waals surface area contributed by atoms with E-state index < -0.39 is 14.6 Å². The van der Waals surface area contributed by atoms with Crippen LogP contribution in [0.5, 0.6) is 0 Å². The molecule has 0 fully saturated rings. The largest absolute Gasteiger partial charge is 0.325 e. The predicted octanol–water partition coefficient (Wildman–Crippen LogP) is 2.60. The summed E-state index contributed by atoms with van der Waals surface area (Å²) in [5.41, 5.74) is 1.75. The molecule has 0 bridgehead atoms. The van der Waals surface area contributed by atoms with Crippen LogP contribution in [0.3, 0.4) is 0 Å². The highest BCUT2D eigenvalue weighted by molar-refractivity contribution is 7.92. The molecule has 1 aromatic heterocycles. The zero-order valence-corrected chi connectivity index (χ0v) is 12.8. The number of imidazole rings is 1. The summed E-state index contributed by atoms with van der Waals surface area (Å²) >= 11 is 5.91. The van der Waals surface area contributed by atoms with Gasteiger partial charge in [-0.1, -0.05) is 12.1 Å². The molecule has 2 rings (SSSR count). The second-order valence-electron chi connectivity index (χ2n) is 5.27. The molecule has 1 aromatic carbocycles. The predicted molar refractivity (Wildman–Crippen MR) is 78.2 cm³/mol. The van der Waals surface area contributed by atoms with Gasteiger partial charge in [0.15, 0.2) is 9.84 Å². The maximum atomic E-state index is 11.8. The first kappa shape index (κ1) is 14.3. The first-order chi connectivity index (χ1) is 8.76. The molecule has 0 unspecified atom stereocenters. The number of benzene rings is 1. The highest BCUT2D eigenvalue weighted by Gasteiger charge is 2.31. The fourth-order valence-electron chi connectivity index (χ4n) is 1.90. The van der Waals surface area contributed by atoms with Crippen molar-refractivity contribution in [2.75, 3.05) is 6.26 Å². The Balaban J connectivity index is 2.56. The van der Waals surface area contributed by atoms with Gasteiger partial charge in [0.05, 0.1) is 21.7 Å². The molecule has 0 aliphatic carbocycles. The average Bonchev–Trinajstić information content (AvgIpc) is 2.66. The van der Waals surface area contributed by atoms with Crippen LogP contribution in [0.1, 0.15) is 19.7 Å². The summed E-state index contributed by atoms with van der Waals surface area (Å²) in [6, 6.07) is 7.64. The number of rotatable bonds is 4. The maximum Gasteiger partial charge on any atom is 0.154 e. The van der Waals surface area contributed by atoms with E-state index in [-0.39, 0.29) is 5.88 Å². The van der Waals surface area contributed by atoms with E-state index in [2.05, 4.69) is 4.98 Å². The number of halogens is 1. The third-order valence-corrected chi connectivity index (χ3v) is 5.77. The summed E-state index contributed by atoms with van der Waals surface area (Å²) in [5, 5.41) is 0. The van der Waals surface area contributed by atoms with Crippen LogP contribution >= 0.6 is 11.6 Å². The van der Waals surface area contributed by atoms with Crippen molar-refractivity contribution in [3.8, 4) is 0 Å². The van der Waals surface area contributed by atoms with E-state index in [9.17, 15) is 8.42 Å². The fraction of sp³-hybridized carbons (Fsp3) is 0.462. The van der Waals surface area contributed by atoms with Gasteiger partial charge in [0.2, 0.25) is 0 Å². The summed E-state index contributed by atoms with van der Waals surface area (Å²) in [4.78, 5) is 4.43. The second kappa shape index (κ2) is 4.80. The van der Waals surface area contributed by atoms with Crippen LogP contribution in [0.25, 0.3) is 11.0 Å². The van der Waals surface area contributed by atoms with Gasteiger partial charge in [-0.2, -0.15) is 0 Å². The summed E-state index contributed by atoms with van der Waals surface area (Å²) in [6.45, 7) is 3.78. The van der Waals surface area contributed by atoms with Crippen molar-refractivity contribution < 1.29 is 8.42 Å². The minimum atomic E-state index is -3.16. The van der Waals surface area contributed by atoms with E-state index in [0.717, 1.165) is 11.0 Å². The Kier molecular flexibility index (Phi) is 3.62. The van der Waals surface area contributed by atoms with Gasteiger partial charge < -0.3 is 4.57 Å². The number of para-hydroxylation sites is 2. The van der Waals surface area contributed by atoms with Crippen LogP contribution in [0.4, 0.5) is 0 Å². The van der Waals surface area contributed by atoms with Gasteiger partial charge in [-0.3, -0.25) is 0 Å². The monoisotopic (exact) mass is 300 g/mol. The lowest BCUT2D eigenvalue weighted by Gasteiger charge is -2.24. The quantitative estimate of drug-likeness (QED) is 0.816. The van der Waals surface area contributed by atoms with Gasteiger partial charge in [0, 0.05) is 12.8 Å². The van der Waals surface area contributed by atoms with Gasteiger partial charge in [0.1, 0.15) is 5.82 Å². The van der Waals surface area contributed by atoms with Crippen molar-refractivity contribution in [2.45, 2.75) is 31.0 Å². The normalized spacial score (nSPS) is 13.1. The Bertz CT molecular complexity index is 705. The molecule has 4 nitrogen and oxygen atoms in total. The summed E-state index contributed by atoms with van der Waals surface area (Å²) in [5.74, 6) is 0.953. The molecule has 0 atom stereocenters. The first-order valence-corrected chi connectivity index (χ1v) is 8.38. The molecule has 0 saturated heterocycles. The molecule has 0 saturated carbocycles. The molecule has 0 N–H and O–H groups in total. The van der Waals surface area contributed by atoms with Gasteiger partial charge in [-0.05, 0) is 26.0 Å². The number of nitrogens with zero attached hydrogens (tertiary/aromatic N) is 2. The standard InChI is InChI=1S/C13H17ClN2O2S/c1-13(2,19(3,17)18)9-16-11-7-5-4-6-10(11)15-12(16)8-14/h4-7H,8-9H2,1-3H3. The van der Waals surface area contributed by atoms with Crippen LogP contribution in [-0.2, 0) is 22.3 Å². The van der Waals surface area contributed by atoms with E-state index in [0.29, 0.717) is 12.4 Å². The lowest BCUT2D eigenvalue weighted by Crippen LogP contribution is -2.36. The van der Waals surface area contributed by atoms with E-state index in [1.807, 2.05) is 28.8 Å². The van der Waals surface area contributed by atoms with Crippen molar-refractivity contribution in [3.63, 3.8) is 0 Å². The fourth-order valence-corrected chi connectivity index (χ4v) is 2.47. The molecular formula is C13H17ClN2O2S. The molecule has 19 heavy (non-hydrogen) atoms. The smallest absolute Gasteiger partial charge is 0.154 e. The Morgan fingerprint density at radius 3 is 2.53 bits per heavy atom. The Morgan fingerprint density at radius 1 is 1.32 bits per heavy atom. The third kappa shape index (κ3) is 2.62. The Morgan fingerprint density at radius 2 is 1.95 bits per heavy atom. The topological polar surface area (TPSA) is 52.0 Å². The van der Waals surface area contributed by atoms with E-state index in [4.69, 9.17) is 11.6 Å². The molecule has 0 amide bonds. The summed E-state index contributed by atoms with van der Waals surface area (Å²) < 4.78 is 24.7. The molecule has 104 valence electrons. The van der Waals surface area contributed by atoms with E-state index in [1.165, 1.54) is 6.26 Å². The number of fused-ring (bicyclic) bond motifs is 1. The van der Waals surface area contributed by atoms with Crippen LogP contribution in [0.2, 0.25) is 0 Å². The third-order valence-electron chi connectivity index (χ3n) is 3.40. The van der Waals surface area contributed by atoms with Crippen molar-refractivity contribution in [2.24, 2.45) is 0 Å². The number of hydrogen-bond acceptors (Lipinski definition) is 3. The lowest BCUT2D eigenvalue weighted by atomic mass is 10.2. The number of alkyl halides is 1. The molecule has 0 spiro atoms. The molecule has 0 aliphatic rings. The van der Waals surface area contributed by atoms with E-state index in [1.54, 1.807) is 13.8 Å². The van der Waals surface area contributed by atoms with Gasteiger partial charge in [-0.15, -0.1) is 11.6 Å². The average molecular weight is 301 g/mol. The first-order valence-electron chi connectivity index (χ1n) is 5.96. The Hall–Kier alpha value is -1.07. The number of hydrogen-bond donors (Lipinski definition) is 0. The molecule has 2 aromatic rings. The molecule has 0 aliphatic heterocycles. The molecule has 6 heteroatoms. The highest BCUT2D eigenvalue weighted by atomic mass is 35.5.